The lowest BCUT2D eigenvalue weighted by molar-refractivity contribution is -0.384. The van der Waals surface area contributed by atoms with Crippen LogP contribution in [-0.2, 0) is 6.54 Å². The normalized spacial score (nSPS) is 25.6. The largest absolute Gasteiger partial charge is 0.383 e. The van der Waals surface area contributed by atoms with Crippen molar-refractivity contribution in [3.05, 3.63) is 33.9 Å². The molecule has 0 aromatic heterocycles. The Balaban J connectivity index is 1.74. The monoisotopic (exact) mass is 289 g/mol. The van der Waals surface area contributed by atoms with Gasteiger partial charge >= 0.3 is 0 Å². The van der Waals surface area contributed by atoms with Crippen molar-refractivity contribution in [3.63, 3.8) is 0 Å². The number of likely N-dealkylation sites (tertiary alicyclic amines) is 1. The first kappa shape index (κ1) is 14.3. The molecule has 0 spiro atoms. The molecule has 2 fully saturated rings. The molecular formula is C16H23N3O2. The molecule has 1 N–H and O–H groups in total. The van der Waals surface area contributed by atoms with Gasteiger partial charge in [-0.05, 0) is 43.4 Å². The standard InChI is InChI=1S/C16H23N3O2/c1-17-14-10-12(6-7-16(14)19(20)21)11-18-9-8-13-4-2-3-5-15(13)18/h6-7,10,13,15,17H,2-5,8-9,11H2,1H3. The summed E-state index contributed by atoms with van der Waals surface area (Å²) in [4.78, 5) is 13.2. The van der Waals surface area contributed by atoms with Crippen LogP contribution in [0.2, 0.25) is 0 Å². The molecule has 1 aromatic carbocycles. The molecule has 1 heterocycles. The molecule has 114 valence electrons. The minimum atomic E-state index is -0.331. The minimum absolute atomic E-state index is 0.151. The summed E-state index contributed by atoms with van der Waals surface area (Å²) in [6.45, 7) is 2.08. The fourth-order valence-electron chi connectivity index (χ4n) is 3.97. The van der Waals surface area contributed by atoms with Crippen molar-refractivity contribution >= 4 is 11.4 Å². The van der Waals surface area contributed by atoms with E-state index in [0.29, 0.717) is 5.69 Å². The van der Waals surface area contributed by atoms with E-state index >= 15 is 0 Å². The zero-order valence-corrected chi connectivity index (χ0v) is 12.5. The van der Waals surface area contributed by atoms with Crippen LogP contribution in [0, 0.1) is 16.0 Å². The first-order valence-corrected chi connectivity index (χ1v) is 7.88. The zero-order chi connectivity index (χ0) is 14.8. The van der Waals surface area contributed by atoms with Gasteiger partial charge in [-0.1, -0.05) is 18.9 Å². The van der Waals surface area contributed by atoms with Crippen LogP contribution in [0.5, 0.6) is 0 Å². The van der Waals surface area contributed by atoms with Crippen LogP contribution in [0.15, 0.2) is 18.2 Å². The molecule has 0 radical (unpaired) electrons. The Kier molecular flexibility index (Phi) is 4.10. The number of rotatable bonds is 4. The maximum atomic E-state index is 11.0. The van der Waals surface area contributed by atoms with Gasteiger partial charge in [0.15, 0.2) is 0 Å². The van der Waals surface area contributed by atoms with Crippen molar-refractivity contribution in [1.29, 1.82) is 0 Å². The van der Waals surface area contributed by atoms with Crippen molar-refractivity contribution in [2.75, 3.05) is 18.9 Å². The van der Waals surface area contributed by atoms with E-state index in [1.165, 1.54) is 38.6 Å². The number of nitrogens with one attached hydrogen (secondary N) is 1. The van der Waals surface area contributed by atoms with E-state index in [9.17, 15) is 10.1 Å². The molecule has 1 saturated heterocycles. The lowest BCUT2D eigenvalue weighted by Gasteiger charge is -2.31. The summed E-state index contributed by atoms with van der Waals surface area (Å²) in [6.07, 6.45) is 6.74. The van der Waals surface area contributed by atoms with Crippen molar-refractivity contribution in [1.82, 2.24) is 4.90 Å². The number of benzene rings is 1. The molecular weight excluding hydrogens is 266 g/mol. The van der Waals surface area contributed by atoms with Gasteiger partial charge in [0.05, 0.1) is 4.92 Å². The molecule has 1 aromatic rings. The Morgan fingerprint density at radius 3 is 2.90 bits per heavy atom. The Morgan fingerprint density at radius 1 is 1.33 bits per heavy atom. The summed E-state index contributed by atoms with van der Waals surface area (Å²) in [7, 11) is 1.74. The summed E-state index contributed by atoms with van der Waals surface area (Å²) in [5.74, 6) is 0.876. The predicted octanol–water partition coefficient (Wildman–Crippen LogP) is 3.40. The molecule has 2 unspecified atom stereocenters. The third-order valence-corrected chi connectivity index (χ3v) is 5.04. The highest BCUT2D eigenvalue weighted by atomic mass is 16.6. The summed E-state index contributed by atoms with van der Waals surface area (Å²) >= 11 is 0. The SMILES string of the molecule is CNc1cc(CN2CCC3CCCCC32)ccc1[N+](=O)[O-]. The second kappa shape index (κ2) is 6.02. The maximum absolute atomic E-state index is 11.0. The van der Waals surface area contributed by atoms with E-state index in [4.69, 9.17) is 0 Å². The van der Waals surface area contributed by atoms with E-state index in [0.717, 1.165) is 24.1 Å². The molecule has 1 saturated carbocycles. The highest BCUT2D eigenvalue weighted by molar-refractivity contribution is 5.62. The summed E-state index contributed by atoms with van der Waals surface area (Å²) in [5.41, 5.74) is 1.92. The molecule has 21 heavy (non-hydrogen) atoms. The Hall–Kier alpha value is -1.62. The predicted molar refractivity (Wildman–Crippen MR) is 83.4 cm³/mol. The molecule has 5 nitrogen and oxygen atoms in total. The lowest BCUT2D eigenvalue weighted by atomic mass is 9.85. The fraction of sp³-hybridized carbons (Fsp3) is 0.625. The molecule has 1 aliphatic carbocycles. The first-order valence-electron chi connectivity index (χ1n) is 7.88. The molecule has 5 heteroatoms. The van der Waals surface area contributed by atoms with Gasteiger partial charge < -0.3 is 5.32 Å². The highest BCUT2D eigenvalue weighted by Crippen LogP contribution is 2.37. The first-order chi connectivity index (χ1) is 10.2. The van der Waals surface area contributed by atoms with Crippen LogP contribution in [0.1, 0.15) is 37.7 Å². The second-order valence-electron chi connectivity index (χ2n) is 6.23. The van der Waals surface area contributed by atoms with Crippen LogP contribution in [-0.4, -0.2) is 29.5 Å². The molecule has 1 aliphatic heterocycles. The summed E-state index contributed by atoms with van der Waals surface area (Å²) in [6, 6.07) is 6.17. The van der Waals surface area contributed by atoms with Crippen LogP contribution in [0.25, 0.3) is 0 Å². The Morgan fingerprint density at radius 2 is 2.14 bits per heavy atom. The molecule has 2 atom stereocenters. The topological polar surface area (TPSA) is 58.4 Å². The Labute approximate surface area is 125 Å². The van der Waals surface area contributed by atoms with Gasteiger partial charge in [-0.15, -0.1) is 0 Å². The van der Waals surface area contributed by atoms with E-state index in [1.807, 2.05) is 12.1 Å². The average molecular weight is 289 g/mol. The average Bonchev–Trinajstić information content (AvgIpc) is 2.90. The van der Waals surface area contributed by atoms with E-state index < -0.39 is 0 Å². The van der Waals surface area contributed by atoms with E-state index in [-0.39, 0.29) is 10.6 Å². The third-order valence-electron chi connectivity index (χ3n) is 5.04. The number of fused-ring (bicyclic) bond motifs is 1. The molecule has 2 aliphatic rings. The minimum Gasteiger partial charge on any atom is -0.383 e. The van der Waals surface area contributed by atoms with E-state index in [1.54, 1.807) is 13.1 Å². The zero-order valence-electron chi connectivity index (χ0n) is 12.5. The number of nitrogens with zero attached hydrogens (tertiary/aromatic N) is 2. The highest BCUT2D eigenvalue weighted by Gasteiger charge is 2.35. The summed E-state index contributed by atoms with van der Waals surface area (Å²) in [5, 5.41) is 13.9. The number of hydrogen-bond acceptors (Lipinski definition) is 4. The molecule has 0 bridgehead atoms. The van der Waals surface area contributed by atoms with Crippen LogP contribution in [0.3, 0.4) is 0 Å². The van der Waals surface area contributed by atoms with Gasteiger partial charge in [0.1, 0.15) is 5.69 Å². The molecule has 0 amide bonds. The van der Waals surface area contributed by atoms with Crippen molar-refractivity contribution in [3.8, 4) is 0 Å². The lowest BCUT2D eigenvalue weighted by Crippen LogP contribution is -2.34. The van der Waals surface area contributed by atoms with Crippen LogP contribution in [0.4, 0.5) is 11.4 Å². The van der Waals surface area contributed by atoms with Gasteiger partial charge in [-0.3, -0.25) is 15.0 Å². The van der Waals surface area contributed by atoms with Crippen molar-refractivity contribution in [2.45, 2.75) is 44.7 Å². The second-order valence-corrected chi connectivity index (χ2v) is 6.23. The van der Waals surface area contributed by atoms with Gasteiger partial charge in [0.25, 0.3) is 5.69 Å². The summed E-state index contributed by atoms with van der Waals surface area (Å²) < 4.78 is 0. The van der Waals surface area contributed by atoms with Gasteiger partial charge in [0, 0.05) is 25.7 Å². The number of nitro benzene ring substituents is 1. The van der Waals surface area contributed by atoms with Crippen LogP contribution < -0.4 is 5.32 Å². The number of nitro groups is 1. The van der Waals surface area contributed by atoms with Gasteiger partial charge in [-0.2, -0.15) is 0 Å². The van der Waals surface area contributed by atoms with Crippen molar-refractivity contribution < 1.29 is 4.92 Å². The van der Waals surface area contributed by atoms with Gasteiger partial charge in [0.2, 0.25) is 0 Å². The number of anilines is 1. The number of hydrogen-bond donors (Lipinski definition) is 1. The van der Waals surface area contributed by atoms with Crippen LogP contribution >= 0.6 is 0 Å². The maximum Gasteiger partial charge on any atom is 0.292 e. The smallest absolute Gasteiger partial charge is 0.292 e. The Bertz CT molecular complexity index is 532. The van der Waals surface area contributed by atoms with E-state index in [2.05, 4.69) is 10.2 Å². The fourth-order valence-corrected chi connectivity index (χ4v) is 3.97. The third kappa shape index (κ3) is 2.88. The quantitative estimate of drug-likeness (QED) is 0.681. The molecule has 3 rings (SSSR count). The van der Waals surface area contributed by atoms with Crippen molar-refractivity contribution in [2.24, 2.45) is 5.92 Å². The van der Waals surface area contributed by atoms with Gasteiger partial charge in [-0.25, -0.2) is 0 Å².